The van der Waals surface area contributed by atoms with Crippen LogP contribution in [-0.4, -0.2) is 31.3 Å². The Balaban J connectivity index is 2.30. The number of aliphatic carboxylic acids is 1. The zero-order valence-corrected chi connectivity index (χ0v) is 12.2. The van der Waals surface area contributed by atoms with Crippen LogP contribution in [0.4, 0.5) is 5.69 Å². The van der Waals surface area contributed by atoms with Gasteiger partial charge in [-0.2, -0.15) is 0 Å². The molecule has 20 heavy (non-hydrogen) atoms. The van der Waals surface area contributed by atoms with Crippen molar-refractivity contribution in [2.75, 3.05) is 11.1 Å². The number of carboxylic acid groups (broad SMARTS) is 1. The Kier molecular flexibility index (Phi) is 4.32. The lowest BCUT2D eigenvalue weighted by atomic mass is 10.1. The number of hydrogen-bond donors (Lipinski definition) is 2. The Bertz CT molecular complexity index is 593. The highest BCUT2D eigenvalue weighted by atomic mass is 32.2. The van der Waals surface area contributed by atoms with Gasteiger partial charge < -0.3 is 10.4 Å². The van der Waals surface area contributed by atoms with Gasteiger partial charge in [0.25, 0.3) is 0 Å². The second kappa shape index (κ2) is 5.83. The highest BCUT2D eigenvalue weighted by Gasteiger charge is 2.36. The molecule has 1 aliphatic carbocycles. The second-order valence-corrected chi connectivity index (χ2v) is 7.19. The number of benzene rings is 1. The fraction of sp³-hybridized carbons (Fsp3) is 0.500. The third kappa shape index (κ3) is 3.30. The summed E-state index contributed by atoms with van der Waals surface area (Å²) < 4.78 is 24.4. The lowest BCUT2D eigenvalue weighted by molar-refractivity contribution is -0.138. The van der Waals surface area contributed by atoms with E-state index in [4.69, 9.17) is 0 Å². The van der Waals surface area contributed by atoms with Gasteiger partial charge >= 0.3 is 5.97 Å². The lowest BCUT2D eigenvalue weighted by Crippen LogP contribution is -2.32. The quantitative estimate of drug-likeness (QED) is 0.805. The normalized spacial score (nSPS) is 16.6. The number of para-hydroxylation sites is 1. The molecule has 1 aromatic rings. The fourth-order valence-corrected chi connectivity index (χ4v) is 3.72. The Morgan fingerprint density at radius 2 is 2.05 bits per heavy atom. The summed E-state index contributed by atoms with van der Waals surface area (Å²) in [6.07, 6.45) is 2.27. The first-order valence-electron chi connectivity index (χ1n) is 6.77. The number of carboxylic acids is 1. The van der Waals surface area contributed by atoms with Gasteiger partial charge in [-0.1, -0.05) is 19.1 Å². The fourth-order valence-electron chi connectivity index (χ4n) is 2.21. The molecule has 5 nitrogen and oxygen atoms in total. The van der Waals surface area contributed by atoms with Gasteiger partial charge in [-0.25, -0.2) is 13.2 Å². The second-order valence-electron chi connectivity index (χ2n) is 5.11. The van der Waals surface area contributed by atoms with Gasteiger partial charge in [-0.15, -0.1) is 0 Å². The molecule has 0 heterocycles. The molecule has 1 unspecified atom stereocenters. The molecular weight excluding hydrogens is 278 g/mol. The maximum absolute atomic E-state index is 12.2. The van der Waals surface area contributed by atoms with Gasteiger partial charge in [0.1, 0.15) is 6.04 Å². The van der Waals surface area contributed by atoms with Crippen molar-refractivity contribution in [3.63, 3.8) is 0 Å². The minimum atomic E-state index is -3.37. The molecule has 1 saturated carbocycles. The Morgan fingerprint density at radius 3 is 2.60 bits per heavy atom. The van der Waals surface area contributed by atoms with Crippen LogP contribution in [0, 0.1) is 5.92 Å². The summed E-state index contributed by atoms with van der Waals surface area (Å²) in [5.74, 6) is -0.781. The molecule has 2 N–H and O–H groups in total. The van der Waals surface area contributed by atoms with Gasteiger partial charge in [0, 0.05) is 0 Å². The number of rotatable bonds is 7. The molecular formula is C14H19NO4S. The van der Waals surface area contributed by atoms with Crippen molar-refractivity contribution >= 4 is 21.5 Å². The van der Waals surface area contributed by atoms with Gasteiger partial charge in [-0.05, 0) is 37.3 Å². The van der Waals surface area contributed by atoms with Crippen molar-refractivity contribution in [3.8, 4) is 0 Å². The van der Waals surface area contributed by atoms with E-state index >= 15 is 0 Å². The third-order valence-corrected chi connectivity index (χ3v) is 5.34. The third-order valence-electron chi connectivity index (χ3n) is 3.37. The van der Waals surface area contributed by atoms with Gasteiger partial charge in [0.15, 0.2) is 9.84 Å². The molecule has 1 aromatic carbocycles. The molecule has 1 aliphatic rings. The zero-order chi connectivity index (χ0) is 14.8. The van der Waals surface area contributed by atoms with Gasteiger partial charge in [-0.3, -0.25) is 0 Å². The van der Waals surface area contributed by atoms with Gasteiger partial charge in [0.05, 0.1) is 16.3 Å². The van der Waals surface area contributed by atoms with Crippen molar-refractivity contribution in [3.05, 3.63) is 24.3 Å². The highest BCUT2D eigenvalue weighted by molar-refractivity contribution is 7.91. The van der Waals surface area contributed by atoms with E-state index in [1.54, 1.807) is 25.1 Å². The van der Waals surface area contributed by atoms with Crippen LogP contribution in [0.3, 0.4) is 0 Å². The number of hydrogen-bond acceptors (Lipinski definition) is 4. The molecule has 1 fully saturated rings. The van der Waals surface area contributed by atoms with Crippen LogP contribution in [0.15, 0.2) is 29.2 Å². The molecule has 0 spiro atoms. The first kappa shape index (κ1) is 14.8. The number of carbonyl (C=O) groups is 1. The van der Waals surface area contributed by atoms with Crippen LogP contribution in [0.5, 0.6) is 0 Å². The van der Waals surface area contributed by atoms with E-state index < -0.39 is 21.8 Å². The molecule has 0 aliphatic heterocycles. The molecule has 0 amide bonds. The van der Waals surface area contributed by atoms with E-state index in [-0.39, 0.29) is 16.6 Å². The summed E-state index contributed by atoms with van der Waals surface area (Å²) in [5.41, 5.74) is 0.389. The van der Waals surface area contributed by atoms with E-state index in [2.05, 4.69) is 5.32 Å². The lowest BCUT2D eigenvalue weighted by Gasteiger charge is -2.17. The van der Waals surface area contributed by atoms with Crippen LogP contribution < -0.4 is 5.32 Å². The minimum Gasteiger partial charge on any atom is -0.480 e. The molecule has 2 rings (SSSR count). The summed E-state index contributed by atoms with van der Waals surface area (Å²) in [6.45, 7) is 1.80. The Hall–Kier alpha value is -1.56. The molecule has 0 bridgehead atoms. The van der Waals surface area contributed by atoms with Crippen molar-refractivity contribution in [1.82, 2.24) is 0 Å². The van der Waals surface area contributed by atoms with Crippen LogP contribution >= 0.6 is 0 Å². The first-order valence-corrected chi connectivity index (χ1v) is 8.42. The SMILES string of the molecule is CCCS(=O)(=O)c1ccccc1NC(C(=O)O)C1CC1. The van der Waals surface area contributed by atoms with E-state index in [1.165, 1.54) is 6.07 Å². The Morgan fingerprint density at radius 1 is 1.40 bits per heavy atom. The van der Waals surface area contributed by atoms with Crippen molar-refractivity contribution in [1.29, 1.82) is 0 Å². The topological polar surface area (TPSA) is 83.5 Å². The van der Waals surface area contributed by atoms with Crippen molar-refractivity contribution in [2.45, 2.75) is 37.1 Å². The first-order chi connectivity index (χ1) is 9.45. The van der Waals surface area contributed by atoms with E-state index in [9.17, 15) is 18.3 Å². The molecule has 0 radical (unpaired) electrons. The van der Waals surface area contributed by atoms with Crippen LogP contribution in [0.25, 0.3) is 0 Å². The maximum atomic E-state index is 12.2. The van der Waals surface area contributed by atoms with E-state index in [0.29, 0.717) is 12.1 Å². The predicted octanol–water partition coefficient (Wildman–Crippen LogP) is 2.15. The van der Waals surface area contributed by atoms with E-state index in [0.717, 1.165) is 12.8 Å². The highest BCUT2D eigenvalue weighted by Crippen LogP contribution is 2.35. The summed E-state index contributed by atoms with van der Waals surface area (Å²) in [7, 11) is -3.37. The number of anilines is 1. The van der Waals surface area contributed by atoms with Crippen molar-refractivity contribution < 1.29 is 18.3 Å². The van der Waals surface area contributed by atoms with Crippen LogP contribution in [-0.2, 0) is 14.6 Å². The van der Waals surface area contributed by atoms with Crippen molar-refractivity contribution in [2.24, 2.45) is 5.92 Å². The zero-order valence-electron chi connectivity index (χ0n) is 11.4. The summed E-state index contributed by atoms with van der Waals surface area (Å²) >= 11 is 0. The molecule has 6 heteroatoms. The largest absolute Gasteiger partial charge is 0.480 e. The average molecular weight is 297 g/mol. The van der Waals surface area contributed by atoms with Crippen LogP contribution in [0.1, 0.15) is 26.2 Å². The molecule has 110 valence electrons. The minimum absolute atomic E-state index is 0.0624. The molecule has 1 atom stereocenters. The predicted molar refractivity (Wildman–Crippen MR) is 76.6 cm³/mol. The summed E-state index contributed by atoms with van der Waals surface area (Å²) in [4.78, 5) is 11.4. The Labute approximate surface area is 118 Å². The molecule has 0 saturated heterocycles. The maximum Gasteiger partial charge on any atom is 0.326 e. The number of nitrogens with one attached hydrogen (secondary N) is 1. The molecule has 0 aromatic heterocycles. The summed E-state index contributed by atoms with van der Waals surface area (Å²) in [6, 6.07) is 5.80. The average Bonchev–Trinajstić information content (AvgIpc) is 3.20. The van der Waals surface area contributed by atoms with Crippen LogP contribution in [0.2, 0.25) is 0 Å². The standard InChI is InChI=1S/C14H19NO4S/c1-2-9-20(18,19)12-6-4-3-5-11(12)15-13(14(16)17)10-7-8-10/h3-6,10,13,15H,2,7-9H2,1H3,(H,16,17). The van der Waals surface area contributed by atoms with Gasteiger partial charge in [0.2, 0.25) is 0 Å². The number of sulfone groups is 1. The monoisotopic (exact) mass is 297 g/mol. The summed E-state index contributed by atoms with van der Waals surface area (Å²) in [5, 5.41) is 12.1. The van der Waals surface area contributed by atoms with E-state index in [1.807, 2.05) is 0 Å². The smallest absolute Gasteiger partial charge is 0.326 e.